The highest BCUT2D eigenvalue weighted by Crippen LogP contribution is 2.20. The number of rotatable bonds is 3. The van der Waals surface area contributed by atoms with Crippen molar-refractivity contribution in [1.29, 1.82) is 0 Å². The van der Waals surface area contributed by atoms with Gasteiger partial charge in [-0.1, -0.05) is 23.4 Å². The number of hydrogen-bond donors (Lipinski definition) is 0. The van der Waals surface area contributed by atoms with Gasteiger partial charge in [0.25, 0.3) is 0 Å². The molecule has 0 aliphatic carbocycles. The van der Waals surface area contributed by atoms with Gasteiger partial charge in [-0.3, -0.25) is 0 Å². The molecule has 1 heterocycles. The van der Waals surface area contributed by atoms with Crippen LogP contribution in [0.4, 0.5) is 0 Å². The van der Waals surface area contributed by atoms with Crippen LogP contribution in [0.15, 0.2) is 24.3 Å². The molecule has 0 aromatic heterocycles. The summed E-state index contributed by atoms with van der Waals surface area (Å²) >= 11 is 12.0. The minimum atomic E-state index is -0.381. The highest BCUT2D eigenvalue weighted by Gasteiger charge is 2.23. The molecule has 0 N–H and O–H groups in total. The van der Waals surface area contributed by atoms with E-state index in [-0.39, 0.29) is 18.7 Å². The van der Waals surface area contributed by atoms with Crippen LogP contribution in [-0.2, 0) is 9.47 Å². The van der Waals surface area contributed by atoms with Crippen molar-refractivity contribution in [1.82, 2.24) is 0 Å². The second kappa shape index (κ2) is 5.71. The Labute approximate surface area is 113 Å². The molecule has 6 heteroatoms. The van der Waals surface area contributed by atoms with Gasteiger partial charge in [-0.15, -0.1) is 0 Å². The lowest BCUT2D eigenvalue weighted by Crippen LogP contribution is -2.20. The van der Waals surface area contributed by atoms with Crippen molar-refractivity contribution in [3.05, 3.63) is 34.9 Å². The molecule has 0 spiro atoms. The second-order valence-corrected chi connectivity index (χ2v) is 5.46. The van der Waals surface area contributed by atoms with Crippen molar-refractivity contribution in [2.75, 3.05) is 12.4 Å². The molecule has 17 heavy (non-hydrogen) atoms. The molecule has 1 unspecified atom stereocenters. The molecule has 2 rings (SSSR count). The molecule has 1 fully saturated rings. The highest BCUT2D eigenvalue weighted by molar-refractivity contribution is 8.22. The molecule has 1 aromatic rings. The van der Waals surface area contributed by atoms with Gasteiger partial charge in [-0.05, 0) is 36.5 Å². The van der Waals surface area contributed by atoms with Crippen molar-refractivity contribution < 1.29 is 14.3 Å². The van der Waals surface area contributed by atoms with E-state index in [0.29, 0.717) is 15.0 Å². The summed E-state index contributed by atoms with van der Waals surface area (Å²) in [5.41, 5.74) is 0.475. The van der Waals surface area contributed by atoms with Crippen LogP contribution in [0.3, 0.4) is 0 Å². The van der Waals surface area contributed by atoms with Gasteiger partial charge in [0, 0.05) is 10.8 Å². The molecular formula is C11H9ClO3S2. The van der Waals surface area contributed by atoms with Crippen LogP contribution in [0.25, 0.3) is 0 Å². The standard InChI is InChI=1S/C11H9ClO3S2/c12-8-3-1-7(2-4-8)10(13)14-5-9-6-17-11(16)15-9/h1-4,9H,5-6H2. The predicted octanol–water partition coefficient (Wildman–Crippen LogP) is 2.91. The van der Waals surface area contributed by atoms with Gasteiger partial charge >= 0.3 is 5.97 Å². The summed E-state index contributed by atoms with van der Waals surface area (Å²) in [6.45, 7) is 0.217. The van der Waals surface area contributed by atoms with E-state index in [4.69, 9.17) is 33.3 Å². The number of benzene rings is 1. The Morgan fingerprint density at radius 2 is 2.24 bits per heavy atom. The average Bonchev–Trinajstić information content (AvgIpc) is 2.73. The number of ether oxygens (including phenoxy) is 2. The van der Waals surface area contributed by atoms with Gasteiger partial charge in [0.1, 0.15) is 12.7 Å². The molecule has 0 saturated carbocycles. The van der Waals surface area contributed by atoms with Crippen LogP contribution in [0.5, 0.6) is 0 Å². The highest BCUT2D eigenvalue weighted by atomic mass is 35.5. The number of thioether (sulfide) groups is 1. The molecule has 1 aliphatic heterocycles. The summed E-state index contributed by atoms with van der Waals surface area (Å²) in [7, 11) is 0. The number of esters is 1. The largest absolute Gasteiger partial charge is 0.471 e. The van der Waals surface area contributed by atoms with Gasteiger partial charge in [-0.25, -0.2) is 4.79 Å². The summed E-state index contributed by atoms with van der Waals surface area (Å²) in [5, 5.41) is 0.586. The van der Waals surface area contributed by atoms with Crippen molar-refractivity contribution in [3.8, 4) is 0 Å². The number of hydrogen-bond acceptors (Lipinski definition) is 5. The number of carbonyl (C=O) groups is 1. The fraction of sp³-hybridized carbons (Fsp3) is 0.273. The van der Waals surface area contributed by atoms with E-state index in [1.54, 1.807) is 24.3 Å². The molecule has 0 bridgehead atoms. The van der Waals surface area contributed by atoms with Gasteiger partial charge in [0.2, 0.25) is 4.38 Å². The number of halogens is 1. The van der Waals surface area contributed by atoms with E-state index >= 15 is 0 Å². The van der Waals surface area contributed by atoms with E-state index in [9.17, 15) is 4.79 Å². The zero-order valence-electron chi connectivity index (χ0n) is 8.72. The first kappa shape index (κ1) is 12.7. The van der Waals surface area contributed by atoms with Crippen LogP contribution in [-0.4, -0.2) is 28.8 Å². The zero-order valence-corrected chi connectivity index (χ0v) is 11.1. The van der Waals surface area contributed by atoms with Gasteiger partial charge in [0.05, 0.1) is 5.56 Å². The Morgan fingerprint density at radius 1 is 1.53 bits per heavy atom. The van der Waals surface area contributed by atoms with Crippen molar-refractivity contribution in [3.63, 3.8) is 0 Å². The summed E-state index contributed by atoms with van der Waals surface area (Å²) in [5.74, 6) is 0.347. The Bertz CT molecular complexity index is 433. The predicted molar refractivity (Wildman–Crippen MR) is 71.7 cm³/mol. The SMILES string of the molecule is O=C(OCC1CSC(=S)O1)c1ccc(Cl)cc1. The molecule has 1 saturated heterocycles. The third-order valence-corrected chi connectivity index (χ3v) is 3.70. The minimum absolute atomic E-state index is 0.135. The minimum Gasteiger partial charge on any atom is -0.471 e. The molecular weight excluding hydrogens is 280 g/mol. The third kappa shape index (κ3) is 3.59. The van der Waals surface area contributed by atoms with Crippen molar-refractivity contribution in [2.24, 2.45) is 0 Å². The fourth-order valence-electron chi connectivity index (χ4n) is 1.29. The van der Waals surface area contributed by atoms with E-state index in [1.165, 1.54) is 11.8 Å². The monoisotopic (exact) mass is 288 g/mol. The molecule has 90 valence electrons. The summed E-state index contributed by atoms with van der Waals surface area (Å²) < 4.78 is 10.9. The maximum absolute atomic E-state index is 11.6. The number of carbonyl (C=O) groups excluding carboxylic acids is 1. The van der Waals surface area contributed by atoms with E-state index in [1.807, 2.05) is 0 Å². The second-order valence-electron chi connectivity index (χ2n) is 3.41. The van der Waals surface area contributed by atoms with Crippen LogP contribution >= 0.6 is 35.6 Å². The van der Waals surface area contributed by atoms with Crippen molar-refractivity contribution >= 4 is 45.9 Å². The average molecular weight is 289 g/mol. The fourth-order valence-corrected chi connectivity index (χ4v) is 2.44. The molecule has 0 radical (unpaired) electrons. The smallest absolute Gasteiger partial charge is 0.338 e. The van der Waals surface area contributed by atoms with E-state index in [0.717, 1.165) is 5.75 Å². The molecule has 1 aliphatic rings. The Kier molecular flexibility index (Phi) is 4.25. The topological polar surface area (TPSA) is 35.5 Å². The molecule has 3 nitrogen and oxygen atoms in total. The first-order valence-corrected chi connectivity index (χ1v) is 6.68. The van der Waals surface area contributed by atoms with Gasteiger partial charge in [-0.2, -0.15) is 0 Å². The Hall–Kier alpha value is -0.780. The van der Waals surface area contributed by atoms with E-state index in [2.05, 4.69) is 0 Å². The van der Waals surface area contributed by atoms with Crippen LogP contribution in [0.2, 0.25) is 5.02 Å². The third-order valence-electron chi connectivity index (χ3n) is 2.13. The van der Waals surface area contributed by atoms with Gasteiger partial charge in [0.15, 0.2) is 0 Å². The quantitative estimate of drug-likeness (QED) is 0.631. The number of thiocarbonyl (C=S) groups is 1. The Morgan fingerprint density at radius 3 is 2.82 bits per heavy atom. The van der Waals surface area contributed by atoms with Crippen LogP contribution in [0.1, 0.15) is 10.4 Å². The van der Waals surface area contributed by atoms with E-state index < -0.39 is 0 Å². The molecule has 1 atom stereocenters. The lowest BCUT2D eigenvalue weighted by Gasteiger charge is -2.09. The first-order chi connectivity index (χ1) is 8.15. The lowest BCUT2D eigenvalue weighted by atomic mass is 10.2. The molecule has 1 aromatic carbocycles. The maximum atomic E-state index is 11.6. The Balaban J connectivity index is 1.85. The van der Waals surface area contributed by atoms with Crippen LogP contribution < -0.4 is 0 Å². The normalized spacial score (nSPS) is 18.9. The van der Waals surface area contributed by atoms with Gasteiger partial charge < -0.3 is 9.47 Å². The zero-order chi connectivity index (χ0) is 12.3. The van der Waals surface area contributed by atoms with Crippen LogP contribution in [0, 0.1) is 0 Å². The first-order valence-electron chi connectivity index (χ1n) is 4.91. The summed E-state index contributed by atoms with van der Waals surface area (Å²) in [6, 6.07) is 6.55. The van der Waals surface area contributed by atoms with Crippen molar-refractivity contribution in [2.45, 2.75) is 6.10 Å². The maximum Gasteiger partial charge on any atom is 0.338 e. The lowest BCUT2D eigenvalue weighted by molar-refractivity contribution is 0.0352. The summed E-state index contributed by atoms with van der Waals surface area (Å²) in [4.78, 5) is 11.6. The summed E-state index contributed by atoms with van der Waals surface area (Å²) in [6.07, 6.45) is -0.135. The molecule has 0 amide bonds.